The highest BCUT2D eigenvalue weighted by atomic mass is 32.2. The fourth-order valence-electron chi connectivity index (χ4n) is 2.57. The average molecular weight is 354 g/mol. The molecule has 0 bridgehead atoms. The lowest BCUT2D eigenvalue weighted by atomic mass is 9.97. The van der Waals surface area contributed by atoms with Crippen molar-refractivity contribution in [3.63, 3.8) is 0 Å². The third-order valence-electron chi connectivity index (χ3n) is 3.80. The molecule has 9 heteroatoms. The Kier molecular flexibility index (Phi) is 5.64. The van der Waals surface area contributed by atoms with Crippen LogP contribution < -0.4 is 4.72 Å². The van der Waals surface area contributed by atoms with Gasteiger partial charge < -0.3 is 0 Å². The molecule has 1 N–H and O–H groups in total. The molecular formula is C14H18F4N2O2S. The molecule has 0 aliphatic carbocycles. The number of nitrogens with zero attached hydrogens (tertiary/aromatic N) is 1. The molecule has 1 heterocycles. The van der Waals surface area contributed by atoms with Gasteiger partial charge in [-0.1, -0.05) is 12.1 Å². The van der Waals surface area contributed by atoms with E-state index in [-0.39, 0.29) is 25.6 Å². The number of piperidine rings is 1. The van der Waals surface area contributed by atoms with Gasteiger partial charge in [0.2, 0.25) is 10.0 Å². The van der Waals surface area contributed by atoms with Gasteiger partial charge in [-0.15, -0.1) is 0 Å². The molecule has 0 saturated carbocycles. The SMILES string of the molecule is O=S(=O)(NCC1CCN(CC(F)(F)F)CC1)c1ccccc1F. The third-order valence-corrected chi connectivity index (χ3v) is 5.26. The standard InChI is InChI=1S/C14H18F4N2O2S/c15-12-3-1-2-4-13(12)23(21,22)19-9-11-5-7-20(8-6-11)10-14(16,17)18/h1-4,11,19H,5-10H2. The number of halogens is 4. The molecule has 1 saturated heterocycles. The van der Waals surface area contributed by atoms with Gasteiger partial charge in [0.25, 0.3) is 0 Å². The summed E-state index contributed by atoms with van der Waals surface area (Å²) in [5.74, 6) is -0.888. The average Bonchev–Trinajstić information content (AvgIpc) is 2.45. The molecule has 130 valence electrons. The summed E-state index contributed by atoms with van der Waals surface area (Å²) in [6.45, 7) is -0.311. The first-order valence-electron chi connectivity index (χ1n) is 7.21. The third kappa shape index (κ3) is 5.43. The van der Waals surface area contributed by atoms with Crippen LogP contribution in [0.1, 0.15) is 12.8 Å². The van der Waals surface area contributed by atoms with Gasteiger partial charge in [0.15, 0.2) is 0 Å². The molecule has 0 amide bonds. The molecule has 2 rings (SSSR count). The molecule has 0 spiro atoms. The van der Waals surface area contributed by atoms with E-state index in [1.165, 1.54) is 23.1 Å². The van der Waals surface area contributed by atoms with Gasteiger partial charge in [0.05, 0.1) is 6.54 Å². The molecular weight excluding hydrogens is 336 g/mol. The minimum Gasteiger partial charge on any atom is -0.295 e. The highest BCUT2D eigenvalue weighted by Crippen LogP contribution is 2.22. The first kappa shape index (κ1) is 18.2. The molecule has 1 aromatic carbocycles. The Morgan fingerprint density at radius 1 is 1.17 bits per heavy atom. The van der Waals surface area contributed by atoms with Crippen LogP contribution in [0.3, 0.4) is 0 Å². The van der Waals surface area contributed by atoms with E-state index < -0.39 is 33.5 Å². The number of nitrogens with one attached hydrogen (secondary N) is 1. The Hall–Kier alpha value is -1.19. The molecule has 23 heavy (non-hydrogen) atoms. The van der Waals surface area contributed by atoms with Crippen molar-refractivity contribution >= 4 is 10.0 Å². The zero-order valence-electron chi connectivity index (χ0n) is 12.3. The lowest BCUT2D eigenvalue weighted by Crippen LogP contribution is -2.42. The van der Waals surface area contributed by atoms with Crippen LogP contribution in [0.15, 0.2) is 29.2 Å². The highest BCUT2D eigenvalue weighted by molar-refractivity contribution is 7.89. The molecule has 1 aliphatic heterocycles. The van der Waals surface area contributed by atoms with E-state index in [0.717, 1.165) is 6.07 Å². The van der Waals surface area contributed by atoms with Crippen LogP contribution in [0.2, 0.25) is 0 Å². The highest BCUT2D eigenvalue weighted by Gasteiger charge is 2.32. The summed E-state index contributed by atoms with van der Waals surface area (Å²) in [5, 5.41) is 0. The fraction of sp³-hybridized carbons (Fsp3) is 0.571. The van der Waals surface area contributed by atoms with Crippen molar-refractivity contribution < 1.29 is 26.0 Å². The van der Waals surface area contributed by atoms with E-state index in [9.17, 15) is 26.0 Å². The van der Waals surface area contributed by atoms with E-state index in [1.807, 2.05) is 0 Å². The van der Waals surface area contributed by atoms with Crippen molar-refractivity contribution in [2.24, 2.45) is 5.92 Å². The second-order valence-corrected chi connectivity index (χ2v) is 7.35. The zero-order chi connectivity index (χ0) is 17.1. The first-order valence-corrected chi connectivity index (χ1v) is 8.69. The van der Waals surface area contributed by atoms with Crippen molar-refractivity contribution in [1.29, 1.82) is 0 Å². The van der Waals surface area contributed by atoms with Crippen molar-refractivity contribution in [1.82, 2.24) is 9.62 Å². The summed E-state index contributed by atoms with van der Waals surface area (Å²) in [5.41, 5.74) is 0. The minimum absolute atomic E-state index is 0.0546. The molecule has 0 radical (unpaired) electrons. The van der Waals surface area contributed by atoms with Crippen LogP contribution in [-0.2, 0) is 10.0 Å². The Balaban J connectivity index is 1.85. The van der Waals surface area contributed by atoms with Crippen LogP contribution in [0, 0.1) is 11.7 Å². The van der Waals surface area contributed by atoms with Crippen LogP contribution >= 0.6 is 0 Å². The Labute approximate surface area is 132 Å². The number of alkyl halides is 3. The Bertz CT molecular complexity index is 626. The van der Waals surface area contributed by atoms with Gasteiger partial charge in [0, 0.05) is 6.54 Å². The molecule has 0 aromatic heterocycles. The maximum absolute atomic E-state index is 13.5. The van der Waals surface area contributed by atoms with Crippen LogP contribution in [0.25, 0.3) is 0 Å². The van der Waals surface area contributed by atoms with Gasteiger partial charge >= 0.3 is 6.18 Å². The Morgan fingerprint density at radius 3 is 2.35 bits per heavy atom. The van der Waals surface area contributed by atoms with Crippen molar-refractivity contribution in [2.45, 2.75) is 23.9 Å². The van der Waals surface area contributed by atoms with E-state index in [4.69, 9.17) is 0 Å². The second kappa shape index (κ2) is 7.14. The van der Waals surface area contributed by atoms with Crippen LogP contribution in [0.4, 0.5) is 17.6 Å². The monoisotopic (exact) mass is 354 g/mol. The lowest BCUT2D eigenvalue weighted by molar-refractivity contribution is -0.148. The minimum atomic E-state index is -4.22. The second-order valence-electron chi connectivity index (χ2n) is 5.62. The summed E-state index contributed by atoms with van der Waals surface area (Å²) in [6, 6.07) is 5.05. The van der Waals surface area contributed by atoms with E-state index in [1.54, 1.807) is 0 Å². The summed E-state index contributed by atoms with van der Waals surface area (Å²) < 4.78 is 76.8. The number of sulfonamides is 1. The molecule has 4 nitrogen and oxygen atoms in total. The topological polar surface area (TPSA) is 49.4 Å². The van der Waals surface area contributed by atoms with Gasteiger partial charge in [-0.25, -0.2) is 17.5 Å². The van der Waals surface area contributed by atoms with Gasteiger partial charge in [-0.2, -0.15) is 13.2 Å². The van der Waals surface area contributed by atoms with Crippen molar-refractivity contribution in [2.75, 3.05) is 26.2 Å². The van der Waals surface area contributed by atoms with E-state index in [0.29, 0.717) is 12.8 Å². The number of likely N-dealkylation sites (tertiary alicyclic amines) is 1. The van der Waals surface area contributed by atoms with E-state index >= 15 is 0 Å². The fourth-order valence-corrected chi connectivity index (χ4v) is 3.76. The number of hydrogen-bond donors (Lipinski definition) is 1. The zero-order valence-corrected chi connectivity index (χ0v) is 13.1. The molecule has 1 aliphatic rings. The summed E-state index contributed by atoms with van der Waals surface area (Å²) in [6.07, 6.45) is -3.29. The van der Waals surface area contributed by atoms with Crippen molar-refractivity contribution in [3.8, 4) is 0 Å². The maximum atomic E-state index is 13.5. The van der Waals surface area contributed by atoms with Gasteiger partial charge in [-0.05, 0) is 44.0 Å². The maximum Gasteiger partial charge on any atom is 0.401 e. The predicted molar refractivity (Wildman–Crippen MR) is 76.8 cm³/mol. The summed E-state index contributed by atoms with van der Waals surface area (Å²) in [7, 11) is -3.95. The summed E-state index contributed by atoms with van der Waals surface area (Å²) in [4.78, 5) is 0.886. The van der Waals surface area contributed by atoms with Crippen molar-refractivity contribution in [3.05, 3.63) is 30.1 Å². The molecule has 0 unspecified atom stereocenters. The normalized spacial score (nSPS) is 18.3. The number of hydrogen-bond acceptors (Lipinski definition) is 3. The predicted octanol–water partition coefficient (Wildman–Crippen LogP) is 2.38. The number of rotatable bonds is 5. The van der Waals surface area contributed by atoms with E-state index in [2.05, 4.69) is 4.72 Å². The number of benzene rings is 1. The van der Waals surface area contributed by atoms with Gasteiger partial charge in [-0.3, -0.25) is 4.90 Å². The first-order chi connectivity index (χ1) is 10.7. The smallest absolute Gasteiger partial charge is 0.295 e. The van der Waals surface area contributed by atoms with Crippen LogP contribution in [-0.4, -0.2) is 45.7 Å². The lowest BCUT2D eigenvalue weighted by Gasteiger charge is -2.32. The molecule has 1 aromatic rings. The largest absolute Gasteiger partial charge is 0.401 e. The van der Waals surface area contributed by atoms with Crippen LogP contribution in [0.5, 0.6) is 0 Å². The van der Waals surface area contributed by atoms with Gasteiger partial charge in [0.1, 0.15) is 10.7 Å². The summed E-state index contributed by atoms with van der Waals surface area (Å²) >= 11 is 0. The quantitative estimate of drug-likeness (QED) is 0.826. The molecule has 0 atom stereocenters. The molecule has 1 fully saturated rings. The Morgan fingerprint density at radius 2 is 1.78 bits per heavy atom.